The fourth-order valence-electron chi connectivity index (χ4n) is 0.979. The van der Waals surface area contributed by atoms with Gasteiger partial charge in [-0.2, -0.15) is 8.78 Å². The van der Waals surface area contributed by atoms with Crippen molar-refractivity contribution in [1.29, 1.82) is 0 Å². The van der Waals surface area contributed by atoms with Crippen molar-refractivity contribution in [3.63, 3.8) is 0 Å². The summed E-state index contributed by atoms with van der Waals surface area (Å²) >= 11 is 0. The van der Waals surface area contributed by atoms with E-state index < -0.39 is 24.0 Å². The summed E-state index contributed by atoms with van der Waals surface area (Å²) in [7, 11) is 0. The quantitative estimate of drug-likeness (QED) is 0.781. The third-order valence-electron chi connectivity index (χ3n) is 1.69. The van der Waals surface area contributed by atoms with Gasteiger partial charge in [0.15, 0.2) is 0 Å². The van der Waals surface area contributed by atoms with Crippen LogP contribution in [0.3, 0.4) is 0 Å². The highest BCUT2D eigenvalue weighted by Crippen LogP contribution is 2.11. The van der Waals surface area contributed by atoms with E-state index in [1.807, 2.05) is 0 Å². The Balaban J connectivity index is 2.90. The number of hydrogen-bond donors (Lipinski definition) is 1. The smallest absolute Gasteiger partial charge is 0.308 e. The third kappa shape index (κ3) is 3.93. The van der Waals surface area contributed by atoms with Crippen LogP contribution in [-0.4, -0.2) is 11.1 Å². The summed E-state index contributed by atoms with van der Waals surface area (Å²) in [5.41, 5.74) is -0.0945. The van der Waals surface area contributed by atoms with Crippen LogP contribution in [0.5, 0.6) is 0 Å². The van der Waals surface area contributed by atoms with Crippen molar-refractivity contribution in [2.45, 2.75) is 6.42 Å². The summed E-state index contributed by atoms with van der Waals surface area (Å²) in [5, 5.41) is 8.39. The Kier molecular flexibility index (Phi) is 4.22. The number of hydrogen-bond acceptors (Lipinski definition) is 1. The van der Waals surface area contributed by atoms with Crippen LogP contribution in [0.1, 0.15) is 12.0 Å². The molecule has 0 bridgehead atoms. The second-order valence-electron chi connectivity index (χ2n) is 2.93. The maximum absolute atomic E-state index is 12.3. The first kappa shape index (κ1) is 11.9. The Morgan fingerprint density at radius 1 is 1.25 bits per heavy atom. The van der Waals surface area contributed by atoms with Gasteiger partial charge in [0.2, 0.25) is 0 Å². The van der Waals surface area contributed by atoms with Crippen LogP contribution in [0.4, 0.5) is 8.78 Å². The number of rotatable bonds is 2. The fourth-order valence-corrected chi connectivity index (χ4v) is 0.979. The number of benzene rings is 1. The van der Waals surface area contributed by atoms with E-state index in [0.29, 0.717) is 5.56 Å². The standard InChI is InChI=1S/C12H8F2O2/c13-12(14)10(8-11(15)16)7-6-9-4-2-1-3-5-9/h1-5H,8H2,(H,15,16). The maximum atomic E-state index is 12.3. The molecule has 0 heterocycles. The van der Waals surface area contributed by atoms with Gasteiger partial charge in [-0.3, -0.25) is 4.79 Å². The average molecular weight is 222 g/mol. The van der Waals surface area contributed by atoms with Crippen molar-refractivity contribution in [1.82, 2.24) is 0 Å². The third-order valence-corrected chi connectivity index (χ3v) is 1.69. The Hall–Kier alpha value is -2.15. The van der Waals surface area contributed by atoms with E-state index in [1.54, 1.807) is 30.3 Å². The molecule has 0 radical (unpaired) electrons. The summed E-state index contributed by atoms with van der Waals surface area (Å²) in [5.74, 6) is 3.32. The lowest BCUT2D eigenvalue weighted by Gasteiger charge is -1.92. The van der Waals surface area contributed by atoms with Gasteiger partial charge in [-0.1, -0.05) is 30.0 Å². The summed E-state index contributed by atoms with van der Waals surface area (Å²) in [6.07, 6.45) is -2.81. The number of halogens is 2. The maximum Gasteiger partial charge on any atom is 0.308 e. The number of carbonyl (C=O) groups is 1. The lowest BCUT2D eigenvalue weighted by molar-refractivity contribution is -0.136. The van der Waals surface area contributed by atoms with Crippen molar-refractivity contribution in [2.24, 2.45) is 0 Å². The van der Waals surface area contributed by atoms with Gasteiger partial charge in [0, 0.05) is 5.56 Å². The van der Waals surface area contributed by atoms with E-state index in [-0.39, 0.29) is 0 Å². The first-order valence-electron chi connectivity index (χ1n) is 4.42. The van der Waals surface area contributed by atoms with Gasteiger partial charge in [-0.15, -0.1) is 0 Å². The molecule has 1 aromatic carbocycles. The van der Waals surface area contributed by atoms with Crippen molar-refractivity contribution >= 4 is 5.97 Å². The molecule has 0 saturated carbocycles. The largest absolute Gasteiger partial charge is 0.481 e. The molecule has 0 unspecified atom stereocenters. The molecule has 82 valence electrons. The lowest BCUT2D eigenvalue weighted by Crippen LogP contribution is -1.96. The van der Waals surface area contributed by atoms with Gasteiger partial charge in [0.1, 0.15) is 0 Å². The Labute approximate surface area is 91.2 Å². The van der Waals surface area contributed by atoms with E-state index in [2.05, 4.69) is 11.8 Å². The molecule has 0 aliphatic carbocycles. The van der Waals surface area contributed by atoms with Crippen LogP contribution in [-0.2, 0) is 4.79 Å². The van der Waals surface area contributed by atoms with Gasteiger partial charge in [0.05, 0.1) is 12.0 Å². The zero-order valence-corrected chi connectivity index (χ0v) is 8.21. The first-order valence-corrected chi connectivity index (χ1v) is 4.42. The van der Waals surface area contributed by atoms with Crippen LogP contribution in [0.15, 0.2) is 42.0 Å². The molecule has 0 atom stereocenters. The second kappa shape index (κ2) is 5.66. The summed E-state index contributed by atoms with van der Waals surface area (Å²) in [6, 6.07) is 8.52. The molecular weight excluding hydrogens is 214 g/mol. The van der Waals surface area contributed by atoms with E-state index in [4.69, 9.17) is 5.11 Å². The summed E-state index contributed by atoms with van der Waals surface area (Å²) in [4.78, 5) is 10.3. The van der Waals surface area contributed by atoms with E-state index in [0.717, 1.165) is 0 Å². The highest BCUT2D eigenvalue weighted by atomic mass is 19.3. The molecule has 4 heteroatoms. The fraction of sp³-hybridized carbons (Fsp3) is 0.0833. The monoisotopic (exact) mass is 222 g/mol. The molecule has 1 aromatic rings. The molecule has 0 saturated heterocycles. The molecule has 0 amide bonds. The van der Waals surface area contributed by atoms with Gasteiger partial charge >= 0.3 is 5.97 Å². The Morgan fingerprint density at radius 2 is 1.88 bits per heavy atom. The van der Waals surface area contributed by atoms with Crippen LogP contribution in [0.2, 0.25) is 0 Å². The second-order valence-corrected chi connectivity index (χ2v) is 2.93. The normalized spacial score (nSPS) is 8.88. The molecule has 0 fully saturated rings. The zero-order valence-electron chi connectivity index (χ0n) is 8.21. The molecule has 0 aliphatic heterocycles. The SMILES string of the molecule is O=C(O)CC(C#Cc1ccccc1)=C(F)F. The van der Waals surface area contributed by atoms with Gasteiger partial charge in [-0.05, 0) is 12.1 Å². The number of aliphatic carboxylic acids is 1. The molecule has 16 heavy (non-hydrogen) atoms. The lowest BCUT2D eigenvalue weighted by atomic mass is 10.2. The first-order chi connectivity index (χ1) is 7.59. The van der Waals surface area contributed by atoms with Crippen LogP contribution >= 0.6 is 0 Å². The number of carboxylic acid groups (broad SMARTS) is 1. The Bertz CT molecular complexity index is 463. The van der Waals surface area contributed by atoms with E-state index in [9.17, 15) is 13.6 Å². The molecular formula is C12H8F2O2. The average Bonchev–Trinajstić information content (AvgIpc) is 2.25. The Morgan fingerprint density at radius 3 is 2.38 bits per heavy atom. The van der Waals surface area contributed by atoms with Crippen molar-refractivity contribution in [3.05, 3.63) is 47.5 Å². The van der Waals surface area contributed by atoms with Gasteiger partial charge in [-0.25, -0.2) is 0 Å². The molecule has 2 nitrogen and oxygen atoms in total. The molecule has 0 aromatic heterocycles. The van der Waals surface area contributed by atoms with Crippen molar-refractivity contribution in [3.8, 4) is 11.8 Å². The van der Waals surface area contributed by atoms with E-state index >= 15 is 0 Å². The van der Waals surface area contributed by atoms with Crippen LogP contribution in [0.25, 0.3) is 0 Å². The minimum atomic E-state index is -2.05. The topological polar surface area (TPSA) is 37.3 Å². The minimum absolute atomic E-state index is 0.562. The highest BCUT2D eigenvalue weighted by Gasteiger charge is 2.07. The number of carboxylic acids is 1. The summed E-state index contributed by atoms with van der Waals surface area (Å²) < 4.78 is 24.6. The summed E-state index contributed by atoms with van der Waals surface area (Å²) in [6.45, 7) is 0. The van der Waals surface area contributed by atoms with E-state index in [1.165, 1.54) is 0 Å². The highest BCUT2D eigenvalue weighted by molar-refractivity contribution is 5.72. The molecule has 0 aliphatic rings. The zero-order chi connectivity index (χ0) is 12.0. The predicted molar refractivity (Wildman–Crippen MR) is 54.8 cm³/mol. The van der Waals surface area contributed by atoms with Crippen molar-refractivity contribution in [2.75, 3.05) is 0 Å². The van der Waals surface area contributed by atoms with Crippen LogP contribution < -0.4 is 0 Å². The molecule has 1 rings (SSSR count). The predicted octanol–water partition coefficient (Wildman–Crippen LogP) is 2.66. The van der Waals surface area contributed by atoms with Crippen LogP contribution in [0, 0.1) is 11.8 Å². The minimum Gasteiger partial charge on any atom is -0.481 e. The molecule has 1 N–H and O–H groups in total. The van der Waals surface area contributed by atoms with Gasteiger partial charge in [0.25, 0.3) is 6.08 Å². The van der Waals surface area contributed by atoms with Crippen molar-refractivity contribution < 1.29 is 18.7 Å². The molecule has 0 spiro atoms. The van der Waals surface area contributed by atoms with Gasteiger partial charge < -0.3 is 5.11 Å².